The van der Waals surface area contributed by atoms with Crippen LogP contribution in [0.1, 0.15) is 56.6 Å². The van der Waals surface area contributed by atoms with E-state index in [-0.39, 0.29) is 42.9 Å². The number of ether oxygens (including phenoxy) is 1. The molecule has 1 unspecified atom stereocenters. The van der Waals surface area contributed by atoms with E-state index in [1.807, 2.05) is 38.1 Å². The molecular weight excluding hydrogens is 444 g/mol. The molecule has 0 radical (unpaired) electrons. The number of benzene rings is 2. The minimum Gasteiger partial charge on any atom is -0.481 e. The van der Waals surface area contributed by atoms with Crippen LogP contribution in [0.3, 0.4) is 0 Å². The lowest BCUT2D eigenvalue weighted by atomic mass is 9.96. The fraction of sp³-hybridized carbons (Fsp3) is 0.464. The molecule has 1 fully saturated rings. The summed E-state index contributed by atoms with van der Waals surface area (Å²) in [5.74, 6) is -1.49. The lowest BCUT2D eigenvalue weighted by molar-refractivity contribution is -0.143. The minimum atomic E-state index is -0.895. The van der Waals surface area contributed by atoms with Crippen molar-refractivity contribution in [3.05, 3.63) is 59.7 Å². The van der Waals surface area contributed by atoms with Crippen LogP contribution in [0.2, 0.25) is 0 Å². The van der Waals surface area contributed by atoms with Gasteiger partial charge in [-0.1, -0.05) is 62.4 Å². The lowest BCUT2D eigenvalue weighted by Crippen LogP contribution is -2.36. The van der Waals surface area contributed by atoms with E-state index in [0.29, 0.717) is 12.8 Å². The molecule has 3 N–H and O–H groups in total. The van der Waals surface area contributed by atoms with Crippen molar-refractivity contribution in [3.8, 4) is 11.1 Å². The van der Waals surface area contributed by atoms with Crippen LogP contribution >= 0.6 is 0 Å². The van der Waals surface area contributed by atoms with Crippen molar-refractivity contribution in [2.24, 2.45) is 17.8 Å². The lowest BCUT2D eigenvalue weighted by Gasteiger charge is -2.18. The second kappa shape index (κ2) is 10.9. The van der Waals surface area contributed by atoms with Crippen molar-refractivity contribution in [3.63, 3.8) is 0 Å². The highest BCUT2D eigenvalue weighted by Crippen LogP contribution is 2.44. The Bertz CT molecular complexity index is 1040. The molecule has 2 aromatic rings. The van der Waals surface area contributed by atoms with E-state index >= 15 is 0 Å². The van der Waals surface area contributed by atoms with Crippen molar-refractivity contribution in [1.29, 1.82) is 0 Å². The van der Waals surface area contributed by atoms with Crippen LogP contribution in [0.15, 0.2) is 48.5 Å². The van der Waals surface area contributed by atoms with Gasteiger partial charge in [0.05, 0.1) is 5.92 Å². The molecule has 7 nitrogen and oxygen atoms in total. The fourth-order valence-electron chi connectivity index (χ4n) is 5.36. The minimum absolute atomic E-state index is 0.0219. The number of carbonyl (C=O) groups excluding carboxylic acids is 2. The first-order valence-corrected chi connectivity index (χ1v) is 12.4. The number of rotatable bonds is 9. The van der Waals surface area contributed by atoms with Gasteiger partial charge in [0.15, 0.2) is 0 Å². The fourth-order valence-corrected chi connectivity index (χ4v) is 5.36. The third kappa shape index (κ3) is 5.84. The summed E-state index contributed by atoms with van der Waals surface area (Å²) in [5.41, 5.74) is 4.74. The molecule has 0 spiro atoms. The van der Waals surface area contributed by atoms with E-state index < -0.39 is 18.0 Å². The van der Waals surface area contributed by atoms with E-state index in [9.17, 15) is 19.5 Å². The molecule has 2 aliphatic rings. The van der Waals surface area contributed by atoms with Crippen LogP contribution < -0.4 is 10.6 Å². The summed E-state index contributed by atoms with van der Waals surface area (Å²) in [5, 5.41) is 15.0. The summed E-state index contributed by atoms with van der Waals surface area (Å²) in [7, 11) is 0. The van der Waals surface area contributed by atoms with Gasteiger partial charge in [0, 0.05) is 24.9 Å². The molecular formula is C28H34N2O5. The molecule has 186 valence electrons. The first-order valence-electron chi connectivity index (χ1n) is 12.4. The van der Waals surface area contributed by atoms with Crippen LogP contribution in [0.4, 0.5) is 4.79 Å². The average molecular weight is 479 g/mol. The van der Waals surface area contributed by atoms with Gasteiger partial charge in [-0.2, -0.15) is 0 Å². The third-order valence-corrected chi connectivity index (χ3v) is 7.32. The number of alkyl carbamates (subject to hydrolysis) is 1. The monoisotopic (exact) mass is 478 g/mol. The number of hydrogen-bond acceptors (Lipinski definition) is 4. The summed E-state index contributed by atoms with van der Waals surface area (Å²) in [6, 6.07) is 16.4. The van der Waals surface area contributed by atoms with Crippen LogP contribution in [0, 0.1) is 17.8 Å². The standard InChI is InChI=1S/C28H34N2O5/c1-17(2)24(27(32)33)15-29-26(31)14-18-11-12-19(13-18)30-28(34)35-16-25-22-9-5-3-7-20(22)21-8-4-6-10-23(21)25/h3-10,17-19,24-25H,11-16H2,1-2H3,(H,29,31)(H,30,34)(H,32,33)/t18-,19+,24?/m0/s1. The first kappa shape index (κ1) is 24.8. The van der Waals surface area contributed by atoms with Crippen LogP contribution in [0.25, 0.3) is 11.1 Å². The molecule has 7 heteroatoms. The highest BCUT2D eigenvalue weighted by molar-refractivity contribution is 5.79. The zero-order valence-electron chi connectivity index (χ0n) is 20.3. The maximum Gasteiger partial charge on any atom is 0.407 e. The molecule has 3 atom stereocenters. The van der Waals surface area contributed by atoms with Gasteiger partial charge in [-0.3, -0.25) is 9.59 Å². The van der Waals surface area contributed by atoms with E-state index in [2.05, 4.69) is 34.9 Å². The number of carboxylic acid groups (broad SMARTS) is 1. The molecule has 2 aliphatic carbocycles. The van der Waals surface area contributed by atoms with Gasteiger partial charge < -0.3 is 20.5 Å². The number of fused-ring (bicyclic) bond motifs is 3. The molecule has 0 heterocycles. The highest BCUT2D eigenvalue weighted by Gasteiger charge is 2.31. The number of carboxylic acids is 1. The Morgan fingerprint density at radius 1 is 1.00 bits per heavy atom. The van der Waals surface area contributed by atoms with E-state index in [1.165, 1.54) is 22.3 Å². The molecule has 0 bridgehead atoms. The smallest absolute Gasteiger partial charge is 0.407 e. The number of carbonyl (C=O) groups is 3. The maximum absolute atomic E-state index is 12.5. The Kier molecular flexibility index (Phi) is 7.73. The number of nitrogens with one attached hydrogen (secondary N) is 2. The number of aliphatic carboxylic acids is 1. The van der Waals surface area contributed by atoms with Gasteiger partial charge >= 0.3 is 12.1 Å². The van der Waals surface area contributed by atoms with Gasteiger partial charge in [-0.25, -0.2) is 4.79 Å². The molecule has 2 amide bonds. The maximum atomic E-state index is 12.5. The Balaban J connectivity index is 1.23. The summed E-state index contributed by atoms with van der Waals surface area (Å²) >= 11 is 0. The third-order valence-electron chi connectivity index (χ3n) is 7.32. The Hall–Kier alpha value is -3.35. The predicted octanol–water partition coefficient (Wildman–Crippen LogP) is 4.56. The zero-order chi connectivity index (χ0) is 24.9. The highest BCUT2D eigenvalue weighted by atomic mass is 16.5. The summed E-state index contributed by atoms with van der Waals surface area (Å²) in [6.07, 6.45) is 2.26. The van der Waals surface area contributed by atoms with Crippen molar-refractivity contribution in [1.82, 2.24) is 10.6 Å². The van der Waals surface area contributed by atoms with Gasteiger partial charge in [0.25, 0.3) is 0 Å². The van der Waals surface area contributed by atoms with Crippen LogP contribution in [-0.2, 0) is 14.3 Å². The van der Waals surface area contributed by atoms with Gasteiger partial charge in [0.1, 0.15) is 6.61 Å². The van der Waals surface area contributed by atoms with Gasteiger partial charge in [-0.15, -0.1) is 0 Å². The predicted molar refractivity (Wildman–Crippen MR) is 133 cm³/mol. The zero-order valence-corrected chi connectivity index (χ0v) is 20.3. The topological polar surface area (TPSA) is 105 Å². The van der Waals surface area contributed by atoms with Crippen molar-refractivity contribution in [2.75, 3.05) is 13.2 Å². The van der Waals surface area contributed by atoms with E-state index in [0.717, 1.165) is 12.8 Å². The molecule has 0 saturated heterocycles. The van der Waals surface area contributed by atoms with Crippen molar-refractivity contribution in [2.45, 2.75) is 51.5 Å². The van der Waals surface area contributed by atoms with Crippen LogP contribution in [-0.4, -0.2) is 42.3 Å². The quantitative estimate of drug-likeness (QED) is 0.490. The molecule has 2 aromatic carbocycles. The Morgan fingerprint density at radius 3 is 2.23 bits per heavy atom. The number of amides is 2. The average Bonchev–Trinajstić information content (AvgIpc) is 3.39. The summed E-state index contributed by atoms with van der Waals surface area (Å²) in [4.78, 5) is 36.2. The summed E-state index contributed by atoms with van der Waals surface area (Å²) < 4.78 is 5.64. The second-order valence-corrected chi connectivity index (χ2v) is 10.0. The van der Waals surface area contributed by atoms with Crippen molar-refractivity contribution >= 4 is 18.0 Å². The van der Waals surface area contributed by atoms with Crippen LogP contribution in [0.5, 0.6) is 0 Å². The first-order chi connectivity index (χ1) is 16.8. The molecule has 1 saturated carbocycles. The molecule has 0 aromatic heterocycles. The van der Waals surface area contributed by atoms with E-state index in [4.69, 9.17) is 4.74 Å². The molecule has 0 aliphatic heterocycles. The second-order valence-electron chi connectivity index (χ2n) is 10.0. The normalized spacial score (nSPS) is 19.6. The van der Waals surface area contributed by atoms with Gasteiger partial charge in [0.2, 0.25) is 5.91 Å². The summed E-state index contributed by atoms with van der Waals surface area (Å²) in [6.45, 7) is 4.09. The van der Waals surface area contributed by atoms with E-state index in [1.54, 1.807) is 0 Å². The number of hydrogen-bond donors (Lipinski definition) is 3. The largest absolute Gasteiger partial charge is 0.481 e. The SMILES string of the molecule is CC(C)C(CNC(=O)C[C@H]1CC[C@@H](NC(=O)OCC2c3ccccc3-c3ccccc32)C1)C(=O)O. The van der Waals surface area contributed by atoms with Gasteiger partial charge in [-0.05, 0) is 53.4 Å². The Morgan fingerprint density at radius 2 is 1.63 bits per heavy atom. The Labute approximate surface area is 206 Å². The molecule has 4 rings (SSSR count). The molecule has 35 heavy (non-hydrogen) atoms. The van der Waals surface area contributed by atoms with Crippen molar-refractivity contribution < 1.29 is 24.2 Å².